The van der Waals surface area contributed by atoms with Crippen molar-refractivity contribution in [2.24, 2.45) is 22.7 Å². The summed E-state index contributed by atoms with van der Waals surface area (Å²) in [5, 5.41) is 12.4. The van der Waals surface area contributed by atoms with E-state index in [1.165, 1.54) is 30.5 Å². The normalized spacial score (nSPS) is 38.8. The number of hydrogen-bond acceptors (Lipinski definition) is 7. The smallest absolute Gasteiger partial charge is 0.482 e. The van der Waals surface area contributed by atoms with Gasteiger partial charge in [-0.2, -0.15) is 0 Å². The molecule has 1 aromatic rings. The molecule has 4 saturated carbocycles. The first-order valence-electron chi connectivity index (χ1n) is 15.6. The second-order valence-corrected chi connectivity index (χ2v) is 15.0. The van der Waals surface area contributed by atoms with Gasteiger partial charge in [0.05, 0.1) is 12.2 Å². The molecule has 8 rings (SSSR count). The van der Waals surface area contributed by atoms with Crippen molar-refractivity contribution < 1.29 is 28.8 Å². The Morgan fingerprint density at radius 3 is 2.62 bits per heavy atom. The molecular formula is C33H47NO6. The van der Waals surface area contributed by atoms with Crippen molar-refractivity contribution >= 4 is 6.16 Å². The molecule has 7 aliphatic rings. The lowest BCUT2D eigenvalue weighted by Gasteiger charge is -2.75. The van der Waals surface area contributed by atoms with E-state index in [0.29, 0.717) is 24.1 Å². The van der Waals surface area contributed by atoms with Crippen LogP contribution < -0.4 is 9.47 Å². The van der Waals surface area contributed by atoms with Crippen molar-refractivity contribution in [2.45, 2.75) is 115 Å². The van der Waals surface area contributed by atoms with E-state index >= 15 is 0 Å². The largest absolute Gasteiger partial charge is 0.513 e. The number of likely N-dealkylation sites (tertiary alicyclic amines) is 1. The highest BCUT2D eigenvalue weighted by Crippen LogP contribution is 2.78. The van der Waals surface area contributed by atoms with Crippen LogP contribution in [0.5, 0.6) is 11.5 Å². The number of carbonyl (C=O) groups is 1. The molecule has 0 amide bonds. The van der Waals surface area contributed by atoms with Crippen LogP contribution >= 0.6 is 0 Å². The topological polar surface area (TPSA) is 77.5 Å². The van der Waals surface area contributed by atoms with Crippen molar-refractivity contribution in [3.05, 3.63) is 23.3 Å². The van der Waals surface area contributed by atoms with Crippen molar-refractivity contribution in [1.82, 2.24) is 4.90 Å². The highest BCUT2D eigenvalue weighted by atomic mass is 16.7. The Morgan fingerprint density at radius 1 is 1.18 bits per heavy atom. The molecule has 2 spiro atoms. The fourth-order valence-corrected chi connectivity index (χ4v) is 9.95. The number of ether oxygens (including phenoxy) is 4. The number of hydrogen-bond donors (Lipinski definition) is 1. The van der Waals surface area contributed by atoms with E-state index in [9.17, 15) is 9.90 Å². The minimum atomic E-state index is -0.963. The van der Waals surface area contributed by atoms with E-state index in [1.807, 2.05) is 27.0 Å². The zero-order valence-corrected chi connectivity index (χ0v) is 25.2. The maximum absolute atomic E-state index is 12.6. The Kier molecular flexibility index (Phi) is 5.82. The molecule has 1 aromatic carbocycles. The first kappa shape index (κ1) is 27.0. The van der Waals surface area contributed by atoms with Crippen LogP contribution in [0.3, 0.4) is 0 Å². The van der Waals surface area contributed by atoms with Gasteiger partial charge in [-0.3, -0.25) is 4.90 Å². The second kappa shape index (κ2) is 8.61. The Hall–Kier alpha value is -1.83. The van der Waals surface area contributed by atoms with Gasteiger partial charge in [-0.05, 0) is 87.8 Å². The van der Waals surface area contributed by atoms with Gasteiger partial charge in [0.2, 0.25) is 0 Å². The van der Waals surface area contributed by atoms with Crippen LogP contribution in [0, 0.1) is 22.7 Å². The maximum atomic E-state index is 12.6. The molecule has 0 radical (unpaired) electrons. The third kappa shape index (κ3) is 3.26. The molecule has 2 heterocycles. The Labute approximate surface area is 238 Å². The van der Waals surface area contributed by atoms with Gasteiger partial charge in [-0.1, -0.05) is 33.8 Å². The van der Waals surface area contributed by atoms with Gasteiger partial charge in [-0.25, -0.2) is 4.79 Å². The number of carbonyl (C=O) groups excluding carboxylic acids is 1. The number of aliphatic hydroxyl groups is 1. The summed E-state index contributed by atoms with van der Waals surface area (Å²) in [6, 6.07) is 4.47. The molecule has 1 N–H and O–H groups in total. The van der Waals surface area contributed by atoms with Crippen LogP contribution in [-0.4, -0.2) is 66.3 Å². The van der Waals surface area contributed by atoms with E-state index in [-0.39, 0.29) is 28.3 Å². The number of benzene rings is 1. The predicted molar refractivity (Wildman–Crippen MR) is 151 cm³/mol. The van der Waals surface area contributed by atoms with Crippen molar-refractivity contribution in [3.63, 3.8) is 0 Å². The molecule has 4 bridgehead atoms. The maximum Gasteiger partial charge on any atom is 0.513 e. The third-order valence-electron chi connectivity index (χ3n) is 12.5. The molecule has 7 heteroatoms. The summed E-state index contributed by atoms with van der Waals surface area (Å²) in [5.74, 6) is 1.88. The average molecular weight is 554 g/mol. The molecule has 0 aromatic heterocycles. The average Bonchev–Trinajstić information content (AvgIpc) is 3.66. The quantitative estimate of drug-likeness (QED) is 0.346. The summed E-state index contributed by atoms with van der Waals surface area (Å²) < 4.78 is 24.9. The van der Waals surface area contributed by atoms with E-state index in [1.54, 1.807) is 0 Å². The van der Waals surface area contributed by atoms with Gasteiger partial charge >= 0.3 is 6.16 Å². The van der Waals surface area contributed by atoms with Gasteiger partial charge in [-0.15, -0.1) is 0 Å². The molecule has 220 valence electrons. The minimum Gasteiger partial charge on any atom is -0.482 e. The number of piperidine rings is 1. The van der Waals surface area contributed by atoms with Crippen LogP contribution in [0.4, 0.5) is 4.79 Å². The van der Waals surface area contributed by atoms with Crippen molar-refractivity contribution in [2.75, 3.05) is 26.8 Å². The molecule has 5 aliphatic carbocycles. The number of rotatable bonds is 7. The Bertz CT molecular complexity index is 1220. The van der Waals surface area contributed by atoms with Crippen molar-refractivity contribution in [3.8, 4) is 11.5 Å². The fraction of sp³-hybridized carbons (Fsp3) is 0.788. The minimum absolute atomic E-state index is 0.0371. The van der Waals surface area contributed by atoms with Crippen LogP contribution in [0.1, 0.15) is 90.7 Å². The molecule has 7 nitrogen and oxygen atoms in total. The standard InChI is InChI=1S/C33H47NO6/c1-7-16-38-28(35)39-22-11-10-21-17-24-31-12-13-33(37-6,23(18-31)30(5,36)29(2,3)4)27-32(31,25(21)26(22)40-27)14-15-34(24)19-20-8-9-20/h10-11,20,23-24,27,36H,7-9,12-19H2,1-6H3/t23-,24-,27-,30+,31-,32+,33-/m1/s1. The monoisotopic (exact) mass is 553 g/mol. The zero-order chi connectivity index (χ0) is 28.3. The summed E-state index contributed by atoms with van der Waals surface area (Å²) in [4.78, 5) is 15.4. The Morgan fingerprint density at radius 2 is 1.95 bits per heavy atom. The summed E-state index contributed by atoms with van der Waals surface area (Å²) in [5.41, 5.74) is 0.355. The van der Waals surface area contributed by atoms with E-state index in [0.717, 1.165) is 51.0 Å². The Balaban J connectivity index is 1.41. The number of fused-ring (bicyclic) bond motifs is 2. The molecule has 2 aliphatic heterocycles. The van der Waals surface area contributed by atoms with E-state index < -0.39 is 17.4 Å². The van der Waals surface area contributed by atoms with Gasteiger partial charge < -0.3 is 24.1 Å². The summed E-state index contributed by atoms with van der Waals surface area (Å²) in [6.45, 7) is 13.0. The summed E-state index contributed by atoms with van der Waals surface area (Å²) in [7, 11) is 1.82. The van der Waals surface area contributed by atoms with Crippen LogP contribution in [0.2, 0.25) is 0 Å². The van der Waals surface area contributed by atoms with Gasteiger partial charge in [0.1, 0.15) is 11.7 Å². The molecule has 7 atom stereocenters. The molecule has 0 unspecified atom stereocenters. The van der Waals surface area contributed by atoms with E-state index in [4.69, 9.17) is 18.9 Å². The first-order valence-corrected chi connectivity index (χ1v) is 15.6. The van der Waals surface area contributed by atoms with Crippen LogP contribution in [0.25, 0.3) is 0 Å². The molecular weight excluding hydrogens is 506 g/mol. The van der Waals surface area contributed by atoms with Crippen LogP contribution in [-0.2, 0) is 21.3 Å². The molecule has 40 heavy (non-hydrogen) atoms. The SMILES string of the molecule is CCCOC(=O)Oc1ccc2c3c1O[C@H]1[C@@]4(OC)CC[C@@]5(C[C@@H]4[C@](C)(O)C(C)(C)C)[C@@H](C2)N(CC2CC2)CC[C@]315. The molecule has 1 saturated heterocycles. The number of nitrogens with zero attached hydrogens (tertiary/aromatic N) is 1. The zero-order valence-electron chi connectivity index (χ0n) is 25.2. The summed E-state index contributed by atoms with van der Waals surface area (Å²) in [6.07, 6.45) is 7.30. The fourth-order valence-electron chi connectivity index (χ4n) is 9.95. The highest BCUT2D eigenvalue weighted by molar-refractivity contribution is 5.70. The lowest BCUT2D eigenvalue weighted by molar-refractivity contribution is -0.312. The second-order valence-electron chi connectivity index (χ2n) is 15.0. The van der Waals surface area contributed by atoms with E-state index in [2.05, 4.69) is 31.7 Å². The highest BCUT2D eigenvalue weighted by Gasteiger charge is 2.82. The third-order valence-corrected chi connectivity index (χ3v) is 12.5. The van der Waals surface area contributed by atoms with Gasteiger partial charge in [0.25, 0.3) is 0 Å². The van der Waals surface area contributed by atoms with Crippen molar-refractivity contribution in [1.29, 1.82) is 0 Å². The van der Waals surface area contributed by atoms with Crippen LogP contribution in [0.15, 0.2) is 12.1 Å². The first-order chi connectivity index (χ1) is 18.9. The van der Waals surface area contributed by atoms with Gasteiger partial charge in [0.15, 0.2) is 11.5 Å². The predicted octanol–water partition coefficient (Wildman–Crippen LogP) is 5.63. The lowest BCUT2D eigenvalue weighted by Crippen LogP contribution is -2.83. The lowest BCUT2D eigenvalue weighted by atomic mass is 9.33. The number of methoxy groups -OCH3 is 1. The van der Waals surface area contributed by atoms with Gasteiger partial charge in [0, 0.05) is 42.0 Å². The summed E-state index contributed by atoms with van der Waals surface area (Å²) >= 11 is 0. The molecule has 5 fully saturated rings.